The topological polar surface area (TPSA) is 89.7 Å². The Bertz CT molecular complexity index is 516. The molecule has 9 heteroatoms. The molecule has 0 heterocycles. The van der Waals surface area contributed by atoms with E-state index in [2.05, 4.69) is 15.4 Å². The molecule has 0 aliphatic heterocycles. The van der Waals surface area contributed by atoms with Gasteiger partial charge in [0.2, 0.25) is 0 Å². The first kappa shape index (κ1) is 13.3. The van der Waals surface area contributed by atoms with Gasteiger partial charge in [-0.2, -0.15) is 4.21 Å². The van der Waals surface area contributed by atoms with E-state index in [1.807, 2.05) is 0 Å². The number of non-ortho nitro benzene ring substituents is 1. The highest BCUT2D eigenvalue weighted by Crippen LogP contribution is 2.23. The molecule has 88 valence electrons. The zero-order valence-electron chi connectivity index (χ0n) is 7.66. The van der Waals surface area contributed by atoms with Gasteiger partial charge in [-0.3, -0.25) is 18.9 Å². The fraction of sp³-hybridized carbons (Fsp3) is 0.143. The summed E-state index contributed by atoms with van der Waals surface area (Å²) in [4.78, 5) is 9.80. The first-order valence-electron chi connectivity index (χ1n) is 3.84. The lowest BCUT2D eigenvalue weighted by Gasteiger charge is -2.04. The van der Waals surface area contributed by atoms with Gasteiger partial charge >= 0.3 is 0 Å². The molecule has 1 aromatic carbocycles. The third-order valence-electron chi connectivity index (χ3n) is 1.61. The number of rotatable bonds is 4. The van der Waals surface area contributed by atoms with Crippen molar-refractivity contribution in [2.75, 3.05) is 0 Å². The Kier molecular flexibility index (Phi) is 4.16. The number of hydrogen-bond donors (Lipinski definition) is 1. The lowest BCUT2D eigenvalue weighted by molar-refractivity contribution is -0.384. The fourth-order valence-electron chi connectivity index (χ4n) is 0.905. The number of hydrogen-bond acceptors (Lipinski definition) is 5. The minimum absolute atomic E-state index is 0.0767. The van der Waals surface area contributed by atoms with Crippen LogP contribution in [0.5, 0.6) is 0 Å². The first-order valence-corrected chi connectivity index (χ1v) is 6.58. The quantitative estimate of drug-likeness (QED) is 0.670. The van der Waals surface area contributed by atoms with Gasteiger partial charge in [-0.15, -0.1) is 0 Å². The highest BCUT2D eigenvalue weighted by atomic mass is 35.5. The summed E-state index contributed by atoms with van der Waals surface area (Å²) in [5.41, 5.74) is 0.177. The van der Waals surface area contributed by atoms with Gasteiger partial charge in [-0.05, 0) is 11.6 Å². The van der Waals surface area contributed by atoms with Crippen LogP contribution in [0.25, 0.3) is 0 Å². The average molecular weight is 284 g/mol. The second-order valence-corrected chi connectivity index (χ2v) is 5.48. The van der Waals surface area contributed by atoms with Crippen LogP contribution in [0, 0.1) is 10.1 Å². The van der Waals surface area contributed by atoms with Crippen LogP contribution >= 0.6 is 11.6 Å². The van der Waals surface area contributed by atoms with E-state index in [9.17, 15) is 14.3 Å². The Morgan fingerprint density at radius 2 is 2.25 bits per heavy atom. The third-order valence-corrected chi connectivity index (χ3v) is 2.67. The minimum atomic E-state index is -3.72. The molecule has 0 fully saturated rings. The van der Waals surface area contributed by atoms with Gasteiger partial charge in [-0.1, -0.05) is 11.6 Å². The Balaban J connectivity index is 2.88. The molecule has 0 aromatic heterocycles. The molecule has 16 heavy (non-hydrogen) atoms. The maximum Gasteiger partial charge on any atom is 0.270 e. The summed E-state index contributed by atoms with van der Waals surface area (Å²) in [5.74, 6) is 0. The monoisotopic (exact) mass is 283 g/mol. The molecule has 1 rings (SSSR count). The average Bonchev–Trinajstić information content (AvgIpc) is 2.14. The number of benzene rings is 1. The smallest absolute Gasteiger partial charge is 0.270 e. The summed E-state index contributed by atoms with van der Waals surface area (Å²) < 4.78 is 23.8. The molecule has 0 saturated carbocycles. The number of nitro groups is 1. The second kappa shape index (κ2) is 5.02. The van der Waals surface area contributed by atoms with Crippen molar-refractivity contribution in [2.45, 2.75) is 6.61 Å². The van der Waals surface area contributed by atoms with Gasteiger partial charge in [0.15, 0.2) is 0 Å². The first-order chi connectivity index (χ1) is 7.29. The van der Waals surface area contributed by atoms with Gasteiger partial charge in [-0.25, -0.2) is 0 Å². The molecule has 0 bridgehead atoms. The SMILES string of the molecule is O=[N+]([O-])c1ccc(COS(=O)(O)=S)c(Cl)c1. The summed E-state index contributed by atoms with van der Waals surface area (Å²) >= 11 is 9.81. The van der Waals surface area contributed by atoms with Crippen molar-refractivity contribution in [3.63, 3.8) is 0 Å². The standard InChI is InChI=1S/C7H6ClNO5S2/c8-7-3-6(9(10)11)2-1-5(7)4-14-16(12,13)15/h1-3H,4H2,(H,12,13,15). The van der Waals surface area contributed by atoms with E-state index in [4.69, 9.17) is 16.2 Å². The normalized spacial score (nSPS) is 14.4. The van der Waals surface area contributed by atoms with Gasteiger partial charge in [0.25, 0.3) is 14.7 Å². The Morgan fingerprint density at radius 1 is 1.62 bits per heavy atom. The molecular formula is C7H6ClNO5S2. The summed E-state index contributed by atoms with van der Waals surface area (Å²) in [7, 11) is -3.72. The Labute approximate surface area is 101 Å². The van der Waals surface area contributed by atoms with Crippen molar-refractivity contribution >= 4 is 37.5 Å². The van der Waals surface area contributed by atoms with Crippen molar-refractivity contribution in [1.82, 2.24) is 0 Å². The largest absolute Gasteiger partial charge is 0.285 e. The summed E-state index contributed by atoms with van der Waals surface area (Å²) in [5, 5.41) is 10.5. The molecule has 1 N–H and O–H groups in total. The van der Waals surface area contributed by atoms with Crippen LogP contribution in [0.4, 0.5) is 5.69 Å². The summed E-state index contributed by atoms with van der Waals surface area (Å²) in [6.45, 7) is -0.282. The van der Waals surface area contributed by atoms with Gasteiger partial charge in [0, 0.05) is 23.3 Å². The zero-order chi connectivity index (χ0) is 12.3. The predicted molar refractivity (Wildman–Crippen MR) is 61.0 cm³/mol. The van der Waals surface area contributed by atoms with Crippen molar-refractivity contribution in [1.29, 1.82) is 0 Å². The molecule has 6 nitrogen and oxygen atoms in total. The summed E-state index contributed by atoms with van der Waals surface area (Å²) in [6.07, 6.45) is 0. The summed E-state index contributed by atoms with van der Waals surface area (Å²) in [6, 6.07) is 3.68. The number of nitrogens with zero attached hydrogens (tertiary/aromatic N) is 1. The molecule has 1 aromatic rings. The van der Waals surface area contributed by atoms with E-state index >= 15 is 0 Å². The fourth-order valence-corrected chi connectivity index (χ4v) is 1.55. The van der Waals surface area contributed by atoms with Crippen molar-refractivity contribution < 1.29 is 17.9 Å². The van der Waals surface area contributed by atoms with E-state index in [-0.39, 0.29) is 17.3 Å². The van der Waals surface area contributed by atoms with E-state index < -0.39 is 14.0 Å². The van der Waals surface area contributed by atoms with E-state index in [0.717, 1.165) is 6.07 Å². The van der Waals surface area contributed by atoms with E-state index in [0.29, 0.717) is 5.56 Å². The van der Waals surface area contributed by atoms with Gasteiger partial charge < -0.3 is 0 Å². The van der Waals surface area contributed by atoms with Gasteiger partial charge in [0.1, 0.15) is 0 Å². The van der Waals surface area contributed by atoms with E-state index in [1.165, 1.54) is 12.1 Å². The second-order valence-electron chi connectivity index (χ2n) is 2.72. The van der Waals surface area contributed by atoms with Crippen LogP contribution in [0.15, 0.2) is 18.2 Å². The van der Waals surface area contributed by atoms with Crippen molar-refractivity contribution in [3.05, 3.63) is 38.9 Å². The predicted octanol–water partition coefficient (Wildman–Crippen LogP) is 1.90. The van der Waals surface area contributed by atoms with Crippen LogP contribution < -0.4 is 0 Å². The van der Waals surface area contributed by atoms with Crippen molar-refractivity contribution in [3.8, 4) is 0 Å². The number of nitro benzene ring substituents is 1. The molecule has 0 aliphatic carbocycles. The molecule has 0 radical (unpaired) electrons. The van der Waals surface area contributed by atoms with Crippen molar-refractivity contribution in [2.24, 2.45) is 0 Å². The Morgan fingerprint density at radius 3 is 2.69 bits per heavy atom. The van der Waals surface area contributed by atoms with Crippen LogP contribution in [0.3, 0.4) is 0 Å². The zero-order valence-corrected chi connectivity index (χ0v) is 10.0. The number of halogens is 1. The van der Waals surface area contributed by atoms with Gasteiger partial charge in [0.05, 0.1) is 16.6 Å². The highest BCUT2D eigenvalue weighted by molar-refractivity contribution is 8.27. The highest BCUT2D eigenvalue weighted by Gasteiger charge is 2.10. The van der Waals surface area contributed by atoms with Crippen LogP contribution in [0.1, 0.15) is 5.56 Å². The molecule has 0 spiro atoms. The third kappa shape index (κ3) is 3.99. The maximum atomic E-state index is 10.6. The lowest BCUT2D eigenvalue weighted by atomic mass is 10.2. The molecule has 1 unspecified atom stereocenters. The molecule has 1 atom stereocenters. The Hall–Kier alpha value is -0.800. The van der Waals surface area contributed by atoms with Crippen LogP contribution in [-0.4, -0.2) is 13.7 Å². The minimum Gasteiger partial charge on any atom is -0.285 e. The molecular weight excluding hydrogens is 278 g/mol. The maximum absolute atomic E-state index is 10.6. The van der Waals surface area contributed by atoms with E-state index in [1.54, 1.807) is 0 Å². The molecule has 0 aliphatic rings. The molecule has 0 saturated heterocycles. The molecule has 0 amide bonds. The van der Waals surface area contributed by atoms with Crippen LogP contribution in [-0.2, 0) is 31.0 Å². The van der Waals surface area contributed by atoms with Crippen LogP contribution in [0.2, 0.25) is 5.02 Å². The lowest BCUT2D eigenvalue weighted by Crippen LogP contribution is -2.02.